The fourth-order valence-electron chi connectivity index (χ4n) is 8.81. The molecule has 0 spiro atoms. The van der Waals surface area contributed by atoms with Crippen LogP contribution in [-0.4, -0.2) is 79.0 Å². The van der Waals surface area contributed by atoms with E-state index in [2.05, 4.69) is 4.90 Å². The molecule has 1 N–H and O–H groups in total. The van der Waals surface area contributed by atoms with Crippen molar-refractivity contribution >= 4 is 63.9 Å². The lowest BCUT2D eigenvalue weighted by atomic mass is 9.56. The van der Waals surface area contributed by atoms with Gasteiger partial charge in [-0.15, -0.1) is 23.2 Å². The first-order chi connectivity index (χ1) is 24.9. The van der Waals surface area contributed by atoms with Crippen LogP contribution >= 0.6 is 23.2 Å². The smallest absolute Gasteiger partial charge is 0.258 e. The number of nitrogens with zero attached hydrogens (tertiary/aromatic N) is 3. The molecule has 3 heterocycles. The van der Waals surface area contributed by atoms with Crippen LogP contribution in [-0.2, 0) is 23.9 Å². The summed E-state index contributed by atoms with van der Waals surface area (Å²) in [6.07, 6.45) is 1.70. The van der Waals surface area contributed by atoms with Crippen LogP contribution in [0, 0.1) is 23.6 Å². The number of morpholine rings is 1. The molecule has 11 nitrogen and oxygen atoms in total. The van der Waals surface area contributed by atoms with Crippen molar-refractivity contribution in [2.24, 2.45) is 17.8 Å². The summed E-state index contributed by atoms with van der Waals surface area (Å²) in [5.74, 6) is -6.90. The highest BCUT2D eigenvalue weighted by Crippen LogP contribution is 2.67. The van der Waals surface area contributed by atoms with Crippen LogP contribution in [0.3, 0.4) is 0 Å². The molecule has 0 radical (unpaired) electrons. The number of carbonyl (C=O) groups excluding carboxylic acids is 4. The van der Waals surface area contributed by atoms with Crippen LogP contribution in [0.15, 0.2) is 72.3 Å². The summed E-state index contributed by atoms with van der Waals surface area (Å²) in [5, 5.41) is 10.5. The van der Waals surface area contributed by atoms with E-state index in [1.54, 1.807) is 18.2 Å². The highest BCUT2D eigenvalue weighted by atomic mass is 35.5. The Morgan fingerprint density at radius 2 is 1.38 bits per heavy atom. The Bertz CT molecular complexity index is 2010. The molecule has 3 aromatic carbocycles. The zero-order valence-corrected chi connectivity index (χ0v) is 29.7. The number of fused-ring (bicyclic) bond motifs is 4. The summed E-state index contributed by atoms with van der Waals surface area (Å²) in [6, 6.07) is 14.7. The van der Waals surface area contributed by atoms with Gasteiger partial charge in [-0.1, -0.05) is 11.6 Å². The number of aromatic hydroxyl groups is 1. The summed E-state index contributed by atoms with van der Waals surface area (Å²) < 4.78 is 30.9. The third kappa shape index (κ3) is 4.80. The predicted molar refractivity (Wildman–Crippen MR) is 190 cm³/mol. The zero-order chi connectivity index (χ0) is 36.7. The lowest BCUT2D eigenvalue weighted by Gasteiger charge is -2.51. The number of alkyl halides is 2. The number of rotatable bonds is 6. The van der Waals surface area contributed by atoms with Crippen molar-refractivity contribution in [3.8, 4) is 17.2 Å². The highest BCUT2D eigenvalue weighted by molar-refractivity contribution is 6.58. The summed E-state index contributed by atoms with van der Waals surface area (Å²) in [7, 11) is 2.73. The highest BCUT2D eigenvalue weighted by Gasteiger charge is 2.77. The maximum absolute atomic E-state index is 14.7. The van der Waals surface area contributed by atoms with Gasteiger partial charge in [-0.25, -0.2) is 9.29 Å². The average molecular weight is 751 g/mol. The van der Waals surface area contributed by atoms with Gasteiger partial charge < -0.3 is 24.2 Å². The van der Waals surface area contributed by atoms with Gasteiger partial charge in [0.25, 0.3) is 11.8 Å². The second-order valence-electron chi connectivity index (χ2n) is 13.6. The van der Waals surface area contributed by atoms with Crippen molar-refractivity contribution in [1.82, 2.24) is 0 Å². The Labute approximate surface area is 308 Å². The molecule has 4 fully saturated rings. The maximum atomic E-state index is 14.7. The number of allylic oxidation sites excluding steroid dienone is 2. The monoisotopic (exact) mass is 749 g/mol. The SMILES string of the molecule is COc1cc(O)cc(OC)c1C1C2=CCC3C(=O)N(c4ccc(N5CCOCC5)cc4)C(=O)C3C2CC2(Cl)C(=O)N(c3ccc(F)cc3)C(=O)C12Cl. The number of hydrogen-bond acceptors (Lipinski definition) is 9. The maximum Gasteiger partial charge on any atom is 0.258 e. The van der Waals surface area contributed by atoms with Crippen LogP contribution in [0.5, 0.6) is 17.2 Å². The zero-order valence-electron chi connectivity index (χ0n) is 28.2. The lowest BCUT2D eigenvalue weighted by Crippen LogP contribution is -2.60. The largest absolute Gasteiger partial charge is 0.508 e. The molecule has 4 amide bonds. The van der Waals surface area contributed by atoms with Crippen LogP contribution < -0.4 is 24.2 Å². The minimum Gasteiger partial charge on any atom is -0.508 e. The minimum atomic E-state index is -2.21. The molecule has 8 rings (SSSR count). The Kier molecular flexibility index (Phi) is 8.27. The van der Waals surface area contributed by atoms with Gasteiger partial charge in [0.15, 0.2) is 9.75 Å². The first kappa shape index (κ1) is 34.4. The van der Waals surface area contributed by atoms with Crippen LogP contribution in [0.25, 0.3) is 0 Å². The molecule has 3 aliphatic heterocycles. The molecular formula is C38H34Cl2FN3O8. The van der Waals surface area contributed by atoms with E-state index in [1.807, 2.05) is 12.1 Å². The first-order valence-electron chi connectivity index (χ1n) is 16.9. The molecule has 1 saturated carbocycles. The van der Waals surface area contributed by atoms with E-state index < -0.39 is 57.0 Å². The summed E-state index contributed by atoms with van der Waals surface area (Å²) >= 11 is 15.0. The summed E-state index contributed by atoms with van der Waals surface area (Å²) in [6.45, 7) is 2.66. The standard InChI is InChI=1S/C38H34Cl2FN3O8/c1-50-28-17-24(45)18-29(51-2)31(28)32-25-11-12-26-30(34(47)43(33(26)46)22-9-7-21(8-10-22)42-13-15-52-16-14-42)27(25)19-37(39)35(48)44(36(49)38(32,37)40)23-5-3-20(41)4-6-23/h3-11,17-18,26-27,30,32,45H,12-16,19H2,1-2H3. The van der Waals surface area contributed by atoms with Gasteiger partial charge in [0, 0.05) is 42.4 Å². The van der Waals surface area contributed by atoms with E-state index in [0.29, 0.717) is 24.5 Å². The third-order valence-electron chi connectivity index (χ3n) is 11.2. The quantitative estimate of drug-likeness (QED) is 0.207. The van der Waals surface area contributed by atoms with E-state index in [9.17, 15) is 28.7 Å². The summed E-state index contributed by atoms with van der Waals surface area (Å²) in [5.41, 5.74) is 2.16. The van der Waals surface area contributed by atoms with Gasteiger partial charge in [0.2, 0.25) is 11.8 Å². The molecule has 6 atom stereocenters. The number of amides is 4. The van der Waals surface area contributed by atoms with E-state index >= 15 is 0 Å². The Balaban J connectivity index is 1.25. The molecule has 5 aliphatic rings. The first-order valence-corrected chi connectivity index (χ1v) is 17.7. The van der Waals surface area contributed by atoms with Gasteiger partial charge in [-0.2, -0.15) is 0 Å². The van der Waals surface area contributed by atoms with Crippen LogP contribution in [0.4, 0.5) is 21.5 Å². The molecular weight excluding hydrogens is 716 g/mol. The van der Waals surface area contributed by atoms with Crippen molar-refractivity contribution in [2.75, 3.05) is 55.2 Å². The van der Waals surface area contributed by atoms with E-state index in [1.165, 1.54) is 43.4 Å². The van der Waals surface area contributed by atoms with Gasteiger partial charge >= 0.3 is 0 Å². The van der Waals surface area contributed by atoms with Crippen LogP contribution in [0.1, 0.15) is 24.3 Å². The molecule has 3 saturated heterocycles. The lowest BCUT2D eigenvalue weighted by molar-refractivity contribution is -0.125. The number of anilines is 3. The van der Waals surface area contributed by atoms with Crippen molar-refractivity contribution < 1.29 is 42.9 Å². The number of methoxy groups -OCH3 is 2. The predicted octanol–water partition coefficient (Wildman–Crippen LogP) is 5.15. The minimum absolute atomic E-state index is 0.0582. The average Bonchev–Trinajstić information content (AvgIpc) is 3.49. The third-order valence-corrected chi connectivity index (χ3v) is 12.6. The van der Waals surface area contributed by atoms with E-state index in [4.69, 9.17) is 37.4 Å². The summed E-state index contributed by atoms with van der Waals surface area (Å²) in [4.78, 5) is 57.8. The Morgan fingerprint density at radius 3 is 2.00 bits per heavy atom. The second-order valence-corrected chi connectivity index (χ2v) is 14.9. The fraction of sp³-hybridized carbons (Fsp3) is 0.368. The van der Waals surface area contributed by atoms with E-state index in [-0.39, 0.29) is 47.2 Å². The van der Waals surface area contributed by atoms with E-state index in [0.717, 1.165) is 35.8 Å². The Hall–Kier alpha value is -4.65. The number of hydrogen-bond donors (Lipinski definition) is 1. The molecule has 6 unspecified atom stereocenters. The van der Waals surface area contributed by atoms with Crippen molar-refractivity contribution in [1.29, 1.82) is 0 Å². The van der Waals surface area contributed by atoms with Gasteiger partial charge in [-0.3, -0.25) is 24.1 Å². The molecule has 270 valence electrons. The second kappa shape index (κ2) is 12.5. The van der Waals surface area contributed by atoms with Crippen molar-refractivity contribution in [3.05, 3.63) is 83.7 Å². The van der Waals surface area contributed by atoms with Gasteiger partial charge in [0.05, 0.1) is 50.6 Å². The fourth-order valence-corrected chi connectivity index (χ4v) is 9.73. The normalized spacial score (nSPS) is 29.9. The molecule has 52 heavy (non-hydrogen) atoms. The number of halogens is 3. The number of ether oxygens (including phenoxy) is 3. The van der Waals surface area contributed by atoms with Gasteiger partial charge in [-0.05, 0) is 67.3 Å². The number of phenols is 1. The van der Waals surface area contributed by atoms with Crippen LogP contribution in [0.2, 0.25) is 0 Å². The Morgan fingerprint density at radius 1 is 0.808 bits per heavy atom. The molecule has 0 aromatic heterocycles. The number of carbonyl (C=O) groups is 4. The number of phenolic OH excluding ortho intramolecular Hbond substituents is 1. The molecule has 0 bridgehead atoms. The number of benzene rings is 3. The molecule has 3 aromatic rings. The topological polar surface area (TPSA) is 126 Å². The van der Waals surface area contributed by atoms with Crippen molar-refractivity contribution in [2.45, 2.75) is 28.5 Å². The molecule has 2 aliphatic carbocycles. The molecule has 14 heteroatoms. The van der Waals surface area contributed by atoms with Gasteiger partial charge in [0.1, 0.15) is 23.1 Å². The number of imide groups is 2. The van der Waals surface area contributed by atoms with Crippen molar-refractivity contribution in [3.63, 3.8) is 0 Å².